The van der Waals surface area contributed by atoms with Crippen molar-refractivity contribution in [2.45, 2.75) is 13.8 Å². The van der Waals surface area contributed by atoms with E-state index in [2.05, 4.69) is 5.32 Å². The molecule has 2 aromatic carbocycles. The van der Waals surface area contributed by atoms with Crippen molar-refractivity contribution in [3.63, 3.8) is 0 Å². The van der Waals surface area contributed by atoms with Gasteiger partial charge in [-0.05, 0) is 43.2 Å². The molecule has 0 spiro atoms. The molecule has 0 aliphatic carbocycles. The summed E-state index contributed by atoms with van der Waals surface area (Å²) in [5, 5.41) is 3.98. The van der Waals surface area contributed by atoms with Crippen LogP contribution in [0, 0.1) is 13.8 Å². The number of aryl methyl sites for hydroxylation is 2. The molecule has 0 heterocycles. The Kier molecular flexibility index (Phi) is 3.86. The number of hydrogen-bond acceptors (Lipinski definition) is 3. The van der Waals surface area contributed by atoms with E-state index in [4.69, 9.17) is 22.1 Å². The molecule has 0 unspecified atom stereocenters. The number of hydrogen-bond donors (Lipinski definition) is 2. The zero-order valence-electron chi connectivity index (χ0n) is 11.3. The van der Waals surface area contributed by atoms with Gasteiger partial charge < -0.3 is 15.8 Å². The first kappa shape index (κ1) is 13.6. The van der Waals surface area contributed by atoms with Crippen molar-refractivity contribution >= 4 is 28.7 Å². The minimum Gasteiger partial charge on any atom is -0.495 e. The van der Waals surface area contributed by atoms with Gasteiger partial charge in [0, 0.05) is 22.5 Å². The van der Waals surface area contributed by atoms with Gasteiger partial charge in [0.15, 0.2) is 0 Å². The molecule has 100 valence electrons. The molecule has 0 amide bonds. The van der Waals surface area contributed by atoms with Crippen LogP contribution in [0.5, 0.6) is 5.75 Å². The van der Waals surface area contributed by atoms with Crippen LogP contribution in [0.1, 0.15) is 11.1 Å². The third kappa shape index (κ3) is 2.93. The van der Waals surface area contributed by atoms with Gasteiger partial charge >= 0.3 is 0 Å². The maximum Gasteiger partial charge on any atom is 0.143 e. The van der Waals surface area contributed by atoms with Crippen LogP contribution in [0.15, 0.2) is 30.3 Å². The smallest absolute Gasteiger partial charge is 0.143 e. The van der Waals surface area contributed by atoms with Gasteiger partial charge in [-0.3, -0.25) is 0 Å². The molecule has 0 atom stereocenters. The first-order chi connectivity index (χ1) is 9.01. The van der Waals surface area contributed by atoms with Crippen molar-refractivity contribution in [1.29, 1.82) is 0 Å². The Balaban J connectivity index is 2.37. The summed E-state index contributed by atoms with van der Waals surface area (Å²) < 4.78 is 5.33. The van der Waals surface area contributed by atoms with Gasteiger partial charge in [-0.1, -0.05) is 17.7 Å². The van der Waals surface area contributed by atoms with Crippen LogP contribution in [0.25, 0.3) is 0 Å². The quantitative estimate of drug-likeness (QED) is 0.822. The fraction of sp³-hybridized carbons (Fsp3) is 0.200. The summed E-state index contributed by atoms with van der Waals surface area (Å²) in [5.74, 6) is 0.703. The molecule has 3 N–H and O–H groups in total. The van der Waals surface area contributed by atoms with Crippen LogP contribution in [-0.2, 0) is 0 Å². The Morgan fingerprint density at radius 3 is 2.47 bits per heavy atom. The maximum absolute atomic E-state index is 6.09. The van der Waals surface area contributed by atoms with Gasteiger partial charge in [0.05, 0.1) is 12.8 Å². The highest BCUT2D eigenvalue weighted by atomic mass is 35.5. The van der Waals surface area contributed by atoms with Crippen molar-refractivity contribution in [2.75, 3.05) is 18.2 Å². The lowest BCUT2D eigenvalue weighted by Crippen LogP contribution is -1.97. The molecule has 0 aliphatic heterocycles. The Bertz CT molecular complexity index is 611. The number of nitrogen functional groups attached to an aromatic ring is 1. The van der Waals surface area contributed by atoms with E-state index < -0.39 is 0 Å². The molecule has 2 aromatic rings. The molecular formula is C15H17ClN2O. The van der Waals surface area contributed by atoms with E-state index in [1.54, 1.807) is 13.2 Å². The van der Waals surface area contributed by atoms with Crippen LogP contribution in [0.2, 0.25) is 5.02 Å². The minimum atomic E-state index is 0.686. The summed E-state index contributed by atoms with van der Waals surface area (Å²) in [7, 11) is 1.62. The van der Waals surface area contributed by atoms with Gasteiger partial charge in [-0.25, -0.2) is 0 Å². The van der Waals surface area contributed by atoms with Crippen molar-refractivity contribution in [2.24, 2.45) is 0 Å². The van der Waals surface area contributed by atoms with E-state index in [1.807, 2.05) is 38.1 Å². The van der Waals surface area contributed by atoms with Gasteiger partial charge in [0.2, 0.25) is 0 Å². The predicted octanol–water partition coefficient (Wildman–Crippen LogP) is 4.29. The molecule has 0 bridgehead atoms. The lowest BCUT2D eigenvalue weighted by atomic mass is 10.1. The highest BCUT2D eigenvalue weighted by molar-refractivity contribution is 6.31. The number of ether oxygens (including phenoxy) is 1. The molecular weight excluding hydrogens is 260 g/mol. The number of methoxy groups -OCH3 is 1. The molecule has 0 saturated heterocycles. The summed E-state index contributed by atoms with van der Waals surface area (Å²) >= 11 is 6.09. The van der Waals surface area contributed by atoms with E-state index >= 15 is 0 Å². The second kappa shape index (κ2) is 5.41. The third-order valence-electron chi connectivity index (χ3n) is 3.04. The summed E-state index contributed by atoms with van der Waals surface area (Å²) in [5.41, 5.74) is 10.5. The minimum absolute atomic E-state index is 0.686. The van der Waals surface area contributed by atoms with E-state index in [-0.39, 0.29) is 0 Å². The molecule has 0 aromatic heterocycles. The lowest BCUT2D eigenvalue weighted by Gasteiger charge is -2.14. The standard InChI is InChI=1S/C15H17ClN2O/c1-9-4-5-11(7-13(9)17)18-14-6-10(2)12(16)8-15(14)19-3/h4-8,18H,17H2,1-3H3. The normalized spacial score (nSPS) is 10.3. The number of nitrogens with two attached hydrogens (primary N) is 1. The van der Waals surface area contributed by atoms with Crippen LogP contribution in [-0.4, -0.2) is 7.11 Å². The summed E-state index contributed by atoms with van der Waals surface area (Å²) in [6.45, 7) is 3.93. The highest BCUT2D eigenvalue weighted by Gasteiger charge is 2.07. The lowest BCUT2D eigenvalue weighted by molar-refractivity contribution is 0.417. The first-order valence-electron chi connectivity index (χ1n) is 5.98. The molecule has 3 nitrogen and oxygen atoms in total. The van der Waals surface area contributed by atoms with Crippen LogP contribution >= 0.6 is 11.6 Å². The first-order valence-corrected chi connectivity index (χ1v) is 6.36. The van der Waals surface area contributed by atoms with E-state index in [9.17, 15) is 0 Å². The van der Waals surface area contributed by atoms with Crippen molar-refractivity contribution in [3.05, 3.63) is 46.5 Å². The molecule has 0 radical (unpaired) electrons. The Hall–Kier alpha value is -1.87. The topological polar surface area (TPSA) is 47.3 Å². The monoisotopic (exact) mass is 276 g/mol. The van der Waals surface area contributed by atoms with Crippen molar-refractivity contribution in [3.8, 4) is 5.75 Å². The summed E-state index contributed by atoms with van der Waals surface area (Å²) in [6, 6.07) is 9.62. The number of halogens is 1. The molecule has 0 aliphatic rings. The largest absolute Gasteiger partial charge is 0.495 e. The number of benzene rings is 2. The van der Waals surface area contributed by atoms with Gasteiger partial charge in [0.25, 0.3) is 0 Å². The molecule has 2 rings (SSSR count). The van der Waals surface area contributed by atoms with E-state index in [0.717, 1.165) is 28.2 Å². The molecule has 19 heavy (non-hydrogen) atoms. The van der Waals surface area contributed by atoms with Crippen molar-refractivity contribution in [1.82, 2.24) is 0 Å². The Morgan fingerprint density at radius 2 is 1.84 bits per heavy atom. The number of rotatable bonds is 3. The van der Waals surface area contributed by atoms with Crippen molar-refractivity contribution < 1.29 is 4.74 Å². The zero-order chi connectivity index (χ0) is 14.0. The average molecular weight is 277 g/mol. The maximum atomic E-state index is 6.09. The van der Waals surface area contributed by atoms with E-state index in [1.165, 1.54) is 0 Å². The van der Waals surface area contributed by atoms with E-state index in [0.29, 0.717) is 10.8 Å². The fourth-order valence-corrected chi connectivity index (χ4v) is 1.96. The Morgan fingerprint density at radius 1 is 1.11 bits per heavy atom. The highest BCUT2D eigenvalue weighted by Crippen LogP contribution is 2.33. The predicted molar refractivity (Wildman–Crippen MR) is 81.6 cm³/mol. The van der Waals surface area contributed by atoms with Crippen LogP contribution in [0.3, 0.4) is 0 Å². The van der Waals surface area contributed by atoms with Gasteiger partial charge in [0.1, 0.15) is 5.75 Å². The zero-order valence-corrected chi connectivity index (χ0v) is 12.0. The second-order valence-corrected chi connectivity index (χ2v) is 4.91. The molecule has 0 fully saturated rings. The Labute approximate surface area is 118 Å². The SMILES string of the molecule is COc1cc(Cl)c(C)cc1Nc1ccc(C)c(N)c1. The number of anilines is 3. The molecule has 4 heteroatoms. The van der Waals surface area contributed by atoms with Crippen LogP contribution < -0.4 is 15.8 Å². The summed E-state index contributed by atoms with van der Waals surface area (Å²) in [4.78, 5) is 0. The van der Waals surface area contributed by atoms with Gasteiger partial charge in [-0.15, -0.1) is 0 Å². The van der Waals surface area contributed by atoms with Gasteiger partial charge in [-0.2, -0.15) is 0 Å². The molecule has 0 saturated carbocycles. The van der Waals surface area contributed by atoms with Crippen LogP contribution in [0.4, 0.5) is 17.1 Å². The third-order valence-corrected chi connectivity index (χ3v) is 3.45. The fourth-order valence-electron chi connectivity index (χ4n) is 1.80. The summed E-state index contributed by atoms with van der Waals surface area (Å²) in [6.07, 6.45) is 0. The average Bonchev–Trinajstić information content (AvgIpc) is 2.38. The second-order valence-electron chi connectivity index (χ2n) is 4.50. The number of nitrogens with one attached hydrogen (secondary N) is 1.